The smallest absolute Gasteiger partial charge is 0.472 e. The maximum atomic E-state index is 12.1. The predicted molar refractivity (Wildman–Crippen MR) is 185 cm³/mol. The van der Waals surface area contributed by atoms with Crippen LogP contribution in [0, 0.1) is 0 Å². The highest BCUT2D eigenvalue weighted by atomic mass is 31.2. The molecule has 47 heavy (non-hydrogen) atoms. The molecular formula is C35H66NO10P. The van der Waals surface area contributed by atoms with Crippen molar-refractivity contribution in [2.24, 2.45) is 0 Å². The lowest BCUT2D eigenvalue weighted by Gasteiger charge is -2.18. The van der Waals surface area contributed by atoms with Crippen molar-refractivity contribution in [3.63, 3.8) is 0 Å². The van der Waals surface area contributed by atoms with E-state index >= 15 is 0 Å². The molecule has 0 saturated carbocycles. The molecule has 12 heteroatoms. The largest absolute Gasteiger partial charge is 0.480 e. The zero-order valence-electron chi connectivity index (χ0n) is 29.3. The summed E-state index contributed by atoms with van der Waals surface area (Å²) >= 11 is 0. The molecular weight excluding hydrogens is 625 g/mol. The summed E-state index contributed by atoms with van der Waals surface area (Å²) in [5.41, 5.74) is 0. The summed E-state index contributed by atoms with van der Waals surface area (Å²) in [6.07, 6.45) is 27.2. The van der Waals surface area contributed by atoms with Crippen molar-refractivity contribution in [3.8, 4) is 0 Å². The minimum absolute atomic E-state index is 0.145. The topological polar surface area (TPSA) is 169 Å². The summed E-state index contributed by atoms with van der Waals surface area (Å²) in [5.74, 6) is -2.39. The number of aliphatic carboxylic acids is 1. The predicted octanol–water partition coefficient (Wildman–Crippen LogP) is 8.16. The van der Waals surface area contributed by atoms with Gasteiger partial charge in [-0.2, -0.15) is 0 Å². The zero-order valence-corrected chi connectivity index (χ0v) is 30.2. The van der Waals surface area contributed by atoms with Gasteiger partial charge in [0.2, 0.25) is 5.91 Å². The molecule has 0 saturated heterocycles. The van der Waals surface area contributed by atoms with Gasteiger partial charge >= 0.3 is 19.8 Å². The van der Waals surface area contributed by atoms with Crippen molar-refractivity contribution in [3.05, 3.63) is 12.2 Å². The lowest BCUT2D eigenvalue weighted by atomic mass is 10.1. The highest BCUT2D eigenvalue weighted by Gasteiger charge is 2.28. The Morgan fingerprint density at radius 2 is 1.11 bits per heavy atom. The second kappa shape index (κ2) is 31.5. The summed E-state index contributed by atoms with van der Waals surface area (Å²) in [6, 6.07) is -1.54. The van der Waals surface area contributed by atoms with E-state index in [0.29, 0.717) is 12.8 Å². The lowest BCUT2D eigenvalue weighted by molar-refractivity contribution is -0.147. The van der Waals surface area contributed by atoms with Gasteiger partial charge in [0, 0.05) is 12.8 Å². The average Bonchev–Trinajstić information content (AvgIpc) is 3.04. The van der Waals surface area contributed by atoms with Crippen LogP contribution in [-0.4, -0.2) is 64.9 Å². The van der Waals surface area contributed by atoms with E-state index in [4.69, 9.17) is 13.8 Å². The van der Waals surface area contributed by atoms with E-state index in [2.05, 4.69) is 31.3 Å². The molecule has 3 unspecified atom stereocenters. The Kier molecular flexibility index (Phi) is 30.3. The van der Waals surface area contributed by atoms with Crippen LogP contribution in [0.2, 0.25) is 0 Å². The maximum absolute atomic E-state index is 12.1. The first kappa shape index (κ1) is 45.2. The van der Waals surface area contributed by atoms with Gasteiger partial charge in [-0.05, 0) is 38.5 Å². The normalized spacial score (nSPS) is 14.1. The second-order valence-corrected chi connectivity index (χ2v) is 13.9. The number of phosphoric ester groups is 1. The number of unbranched alkanes of at least 4 members (excludes halogenated alkanes) is 18. The van der Waals surface area contributed by atoms with Gasteiger partial charge in [0.25, 0.3) is 0 Å². The van der Waals surface area contributed by atoms with Gasteiger partial charge in [0.15, 0.2) is 6.04 Å². The Labute approximate surface area is 284 Å². The third-order valence-corrected chi connectivity index (χ3v) is 8.76. The molecule has 0 aliphatic carbocycles. The Morgan fingerprint density at radius 3 is 1.62 bits per heavy atom. The highest BCUT2D eigenvalue weighted by Crippen LogP contribution is 2.43. The minimum Gasteiger partial charge on any atom is -0.480 e. The molecule has 0 radical (unpaired) electrons. The Bertz CT molecular complexity index is 869. The summed E-state index contributed by atoms with van der Waals surface area (Å²) < 4.78 is 26.6. The van der Waals surface area contributed by atoms with E-state index < -0.39 is 57.6 Å². The number of carboxylic acids is 1. The molecule has 0 aliphatic heterocycles. The molecule has 0 aliphatic rings. The van der Waals surface area contributed by atoms with Gasteiger partial charge in [-0.15, -0.1) is 0 Å². The SMILES string of the molecule is CCCCCCCC/C=C\CCCCCCCCCC(=O)OCC(O)COP(=O)(O)OCC(NC(=O)CCCCCCCC)C(=O)O. The van der Waals surface area contributed by atoms with Gasteiger partial charge < -0.3 is 25.2 Å². The molecule has 0 aromatic carbocycles. The standard InChI is InChI=1S/C35H66NO10P/c1-3-5-7-9-11-12-13-14-15-16-17-18-19-20-21-23-25-27-34(39)44-28-31(37)29-45-47(42,43)46-30-32(35(40)41)36-33(38)26-24-22-10-8-6-4-2/h14-15,31-32,37H,3-13,16-30H2,1-2H3,(H,36,38)(H,40,41)(H,42,43)/b15-14-. The molecule has 0 bridgehead atoms. The number of hydrogen-bond acceptors (Lipinski definition) is 8. The van der Waals surface area contributed by atoms with E-state index in [1.54, 1.807) is 0 Å². The van der Waals surface area contributed by atoms with E-state index in [1.807, 2.05) is 0 Å². The number of carbonyl (C=O) groups excluding carboxylic acids is 2. The third-order valence-electron chi connectivity index (χ3n) is 7.80. The van der Waals surface area contributed by atoms with Crippen LogP contribution in [0.1, 0.15) is 162 Å². The first-order valence-electron chi connectivity index (χ1n) is 18.2. The van der Waals surface area contributed by atoms with Crippen LogP contribution in [0.4, 0.5) is 0 Å². The number of carbonyl (C=O) groups is 3. The van der Waals surface area contributed by atoms with Crippen molar-refractivity contribution in [1.29, 1.82) is 0 Å². The number of aliphatic hydroxyl groups excluding tert-OH is 1. The maximum Gasteiger partial charge on any atom is 0.472 e. The van der Waals surface area contributed by atoms with Gasteiger partial charge in [0.1, 0.15) is 12.7 Å². The minimum atomic E-state index is -4.73. The first-order valence-corrected chi connectivity index (χ1v) is 19.7. The summed E-state index contributed by atoms with van der Waals surface area (Å²) in [5, 5.41) is 21.6. The molecule has 3 atom stereocenters. The summed E-state index contributed by atoms with van der Waals surface area (Å²) in [6.45, 7) is 2.47. The zero-order chi connectivity index (χ0) is 35.0. The van der Waals surface area contributed by atoms with Crippen molar-refractivity contribution >= 4 is 25.7 Å². The van der Waals surface area contributed by atoms with Crippen LogP contribution in [-0.2, 0) is 32.7 Å². The fourth-order valence-electron chi connectivity index (χ4n) is 4.90. The highest BCUT2D eigenvalue weighted by molar-refractivity contribution is 7.47. The second-order valence-electron chi connectivity index (χ2n) is 12.4. The quantitative estimate of drug-likeness (QED) is 0.0224. The van der Waals surface area contributed by atoms with E-state index in [-0.39, 0.29) is 12.8 Å². The average molecular weight is 692 g/mol. The molecule has 1 amide bonds. The van der Waals surface area contributed by atoms with E-state index in [0.717, 1.165) is 57.8 Å². The number of allylic oxidation sites excluding steroid dienone is 2. The number of nitrogens with one attached hydrogen (secondary N) is 1. The number of rotatable bonds is 34. The van der Waals surface area contributed by atoms with Crippen molar-refractivity contribution in [2.75, 3.05) is 19.8 Å². The molecule has 11 nitrogen and oxygen atoms in total. The number of phosphoric acid groups is 1. The molecule has 0 rings (SSSR count). The molecule has 276 valence electrons. The van der Waals surface area contributed by atoms with Gasteiger partial charge in [0.05, 0.1) is 13.2 Å². The van der Waals surface area contributed by atoms with Gasteiger partial charge in [-0.1, -0.05) is 122 Å². The Balaban J connectivity index is 3.88. The van der Waals surface area contributed by atoms with Crippen molar-refractivity contribution < 1.29 is 47.8 Å². The van der Waals surface area contributed by atoms with Crippen LogP contribution in [0.3, 0.4) is 0 Å². The molecule has 0 aromatic heterocycles. The monoisotopic (exact) mass is 691 g/mol. The summed E-state index contributed by atoms with van der Waals surface area (Å²) in [4.78, 5) is 45.3. The summed E-state index contributed by atoms with van der Waals surface area (Å²) in [7, 11) is -4.73. The fraction of sp³-hybridized carbons (Fsp3) is 0.857. The van der Waals surface area contributed by atoms with Crippen LogP contribution >= 0.6 is 7.82 Å². The van der Waals surface area contributed by atoms with E-state index in [1.165, 1.54) is 64.2 Å². The number of carboxylic acid groups (broad SMARTS) is 1. The van der Waals surface area contributed by atoms with Crippen LogP contribution in [0.5, 0.6) is 0 Å². The number of amides is 1. The van der Waals surface area contributed by atoms with Crippen LogP contribution < -0.4 is 5.32 Å². The fourth-order valence-corrected chi connectivity index (χ4v) is 5.67. The first-order chi connectivity index (χ1) is 22.6. The molecule has 4 N–H and O–H groups in total. The van der Waals surface area contributed by atoms with E-state index in [9.17, 15) is 34.1 Å². The van der Waals surface area contributed by atoms with Gasteiger partial charge in [-0.25, -0.2) is 9.36 Å². The number of esters is 1. The Hall–Kier alpha value is -1.78. The Morgan fingerprint density at radius 1 is 0.660 bits per heavy atom. The molecule has 0 spiro atoms. The van der Waals surface area contributed by atoms with Crippen molar-refractivity contribution in [1.82, 2.24) is 5.32 Å². The molecule has 0 heterocycles. The lowest BCUT2D eigenvalue weighted by Crippen LogP contribution is -2.43. The number of hydrogen-bond donors (Lipinski definition) is 4. The van der Waals surface area contributed by atoms with Gasteiger partial charge in [-0.3, -0.25) is 18.6 Å². The molecule has 0 fully saturated rings. The third kappa shape index (κ3) is 31.3. The van der Waals surface area contributed by atoms with Crippen LogP contribution in [0.25, 0.3) is 0 Å². The van der Waals surface area contributed by atoms with Crippen LogP contribution in [0.15, 0.2) is 12.2 Å². The number of aliphatic hydroxyl groups is 1. The number of ether oxygens (including phenoxy) is 1. The van der Waals surface area contributed by atoms with Crippen molar-refractivity contribution in [2.45, 2.75) is 174 Å². The molecule has 0 aromatic rings.